The Labute approximate surface area is 412 Å². The van der Waals surface area contributed by atoms with Crippen LogP contribution in [0.1, 0.15) is 71.2 Å². The molecule has 4 heterocycles. The second kappa shape index (κ2) is 23.8. The van der Waals surface area contributed by atoms with Crippen molar-refractivity contribution >= 4 is 52.3 Å². The van der Waals surface area contributed by atoms with Gasteiger partial charge in [-0.05, 0) is 54.5 Å². The number of aromatic nitrogens is 2. The van der Waals surface area contributed by atoms with E-state index in [-0.39, 0.29) is 56.8 Å². The highest BCUT2D eigenvalue weighted by atomic mass is 19.1. The van der Waals surface area contributed by atoms with Crippen molar-refractivity contribution in [2.24, 2.45) is 5.73 Å². The van der Waals surface area contributed by atoms with Gasteiger partial charge in [0.15, 0.2) is 5.60 Å². The lowest BCUT2D eigenvalue weighted by molar-refractivity contribution is -0.172. The lowest BCUT2D eigenvalue weighted by Gasteiger charge is -2.31. The first-order valence-electron chi connectivity index (χ1n) is 23.6. The number of nitrogens with two attached hydrogens (primary N) is 1. The fourth-order valence-corrected chi connectivity index (χ4v) is 8.95. The molecule has 6 amide bonds. The van der Waals surface area contributed by atoms with Crippen molar-refractivity contribution in [2.75, 3.05) is 65.9 Å². The van der Waals surface area contributed by atoms with Crippen molar-refractivity contribution in [3.8, 4) is 11.4 Å². The van der Waals surface area contributed by atoms with E-state index in [2.05, 4.69) is 31.9 Å². The van der Waals surface area contributed by atoms with Gasteiger partial charge in [0.1, 0.15) is 31.8 Å². The average molecular weight is 1000 g/mol. The number of esters is 1. The maximum absolute atomic E-state index is 15.3. The molecule has 384 valence electrons. The zero-order valence-corrected chi connectivity index (χ0v) is 39.9. The maximum Gasteiger partial charge on any atom is 0.343 e. The van der Waals surface area contributed by atoms with E-state index in [4.69, 9.17) is 29.7 Å². The summed E-state index contributed by atoms with van der Waals surface area (Å²) in [5.41, 5.74) is 7.24. The number of nitrogens with zero attached hydrogens (tertiary/aromatic N) is 2. The summed E-state index contributed by atoms with van der Waals surface area (Å²) < 4.78 is 38.0. The molecular weight excluding hydrogens is 942 g/mol. The summed E-state index contributed by atoms with van der Waals surface area (Å²) >= 11 is 0. The minimum atomic E-state index is -2.05. The molecule has 7 rings (SSSR count). The second-order valence-corrected chi connectivity index (χ2v) is 17.4. The van der Waals surface area contributed by atoms with Gasteiger partial charge in [-0.25, -0.2) is 14.2 Å². The minimum Gasteiger partial charge on any atom is -0.458 e. The van der Waals surface area contributed by atoms with Crippen LogP contribution in [0.3, 0.4) is 0 Å². The van der Waals surface area contributed by atoms with E-state index in [0.717, 1.165) is 5.56 Å². The summed E-state index contributed by atoms with van der Waals surface area (Å²) in [6.45, 7) is 2.23. The van der Waals surface area contributed by atoms with Crippen LogP contribution in [-0.2, 0) is 84.1 Å². The predicted molar refractivity (Wildman–Crippen MR) is 254 cm³/mol. The molecule has 2 aromatic carbocycles. The summed E-state index contributed by atoms with van der Waals surface area (Å²) in [5, 5.41) is 27.3. The third-order valence-corrected chi connectivity index (χ3v) is 12.7. The van der Waals surface area contributed by atoms with Crippen LogP contribution in [0.5, 0.6) is 0 Å². The maximum atomic E-state index is 15.3. The van der Waals surface area contributed by atoms with Crippen molar-refractivity contribution in [3.05, 3.63) is 97.6 Å². The van der Waals surface area contributed by atoms with E-state index in [1.54, 1.807) is 50.2 Å². The number of aliphatic hydroxyl groups is 1. The quantitative estimate of drug-likeness (QED) is 0.0213. The number of aryl methyl sites for hydroxylation is 1. The van der Waals surface area contributed by atoms with Gasteiger partial charge in [-0.3, -0.25) is 33.6 Å². The van der Waals surface area contributed by atoms with Gasteiger partial charge >= 0.3 is 5.97 Å². The number of ether oxygens (including phenoxy) is 4. The fourth-order valence-electron chi connectivity index (χ4n) is 8.95. The average Bonchev–Trinajstić information content (AvgIpc) is 3.74. The van der Waals surface area contributed by atoms with E-state index in [1.807, 2.05) is 0 Å². The molecule has 4 aromatic rings. The van der Waals surface area contributed by atoms with Crippen LogP contribution in [0.15, 0.2) is 47.3 Å². The van der Waals surface area contributed by atoms with Gasteiger partial charge in [-0.1, -0.05) is 37.3 Å². The van der Waals surface area contributed by atoms with E-state index in [9.17, 15) is 43.5 Å². The van der Waals surface area contributed by atoms with Gasteiger partial charge in [0, 0.05) is 42.0 Å². The number of rotatable bonds is 24. The molecule has 2 aromatic heterocycles. The molecule has 0 unspecified atom stereocenters. The van der Waals surface area contributed by atoms with Crippen molar-refractivity contribution < 1.29 is 62.0 Å². The van der Waals surface area contributed by atoms with Crippen LogP contribution in [0.25, 0.3) is 22.3 Å². The predicted octanol–water partition coefficient (Wildman–Crippen LogP) is -0.821. The molecule has 23 heteroatoms. The number of carbonyl (C=O) groups excluding carboxylic acids is 7. The molecule has 22 nitrogen and oxygen atoms in total. The Morgan fingerprint density at radius 2 is 1.60 bits per heavy atom. The molecule has 0 radical (unpaired) electrons. The third kappa shape index (κ3) is 12.1. The number of halogens is 1. The molecule has 72 heavy (non-hydrogen) atoms. The Hall–Kier alpha value is -7.18. The van der Waals surface area contributed by atoms with Gasteiger partial charge in [-0.2, -0.15) is 0 Å². The first kappa shape index (κ1) is 52.6. The van der Waals surface area contributed by atoms with Crippen LogP contribution < -0.4 is 43.2 Å². The van der Waals surface area contributed by atoms with Crippen molar-refractivity contribution in [1.82, 2.24) is 41.5 Å². The molecule has 3 aliphatic rings. The Morgan fingerprint density at radius 3 is 2.35 bits per heavy atom. The van der Waals surface area contributed by atoms with E-state index < -0.39 is 103 Å². The van der Waals surface area contributed by atoms with Crippen molar-refractivity contribution in [3.63, 3.8) is 0 Å². The lowest BCUT2D eigenvalue weighted by Crippen LogP contribution is -2.52. The Kier molecular flexibility index (Phi) is 17.4. The molecule has 2 aliphatic heterocycles. The smallest absolute Gasteiger partial charge is 0.343 e. The van der Waals surface area contributed by atoms with Gasteiger partial charge in [0.25, 0.3) is 5.56 Å². The molecule has 3 atom stereocenters. The van der Waals surface area contributed by atoms with Crippen LogP contribution in [-0.4, -0.2) is 128 Å². The number of hydrogen-bond acceptors (Lipinski definition) is 15. The van der Waals surface area contributed by atoms with Crippen molar-refractivity contribution in [1.29, 1.82) is 0 Å². The number of hydrogen-bond donors (Lipinski definition) is 8. The van der Waals surface area contributed by atoms with E-state index in [1.165, 1.54) is 10.6 Å². The van der Waals surface area contributed by atoms with Gasteiger partial charge in [0.2, 0.25) is 35.4 Å². The molecule has 0 fully saturated rings. The molecule has 1 aliphatic carbocycles. The minimum absolute atomic E-state index is 0.00561. The number of pyridine rings is 2. The highest BCUT2D eigenvalue weighted by molar-refractivity contribution is 5.95. The normalized spacial score (nSPS) is 16.6. The van der Waals surface area contributed by atoms with E-state index in [0.29, 0.717) is 77.1 Å². The zero-order valence-electron chi connectivity index (χ0n) is 39.9. The number of benzene rings is 2. The SMILES string of the molecule is CC[C@@]1(O)C(=O)OCc2c1cc1n(c2=O)Cc2c-1nc1cc(F)c(C)c3c1c2[C@@H](NC(=O)COCNC(=O)CNC(=O)[C@H](Cc1ccccc1)NC(=O)CNC(=O)CNC(=O)CCOCCOCCN)CC3. The molecule has 0 bridgehead atoms. The highest BCUT2D eigenvalue weighted by Crippen LogP contribution is 2.46. The summed E-state index contributed by atoms with van der Waals surface area (Å²) in [7, 11) is 0. The third-order valence-electron chi connectivity index (χ3n) is 12.7. The Bertz CT molecular complexity index is 2810. The van der Waals surface area contributed by atoms with Gasteiger partial charge in [-0.15, -0.1) is 0 Å². The Balaban J connectivity index is 0.903. The van der Waals surface area contributed by atoms with Gasteiger partial charge in [0.05, 0.1) is 81.1 Å². The van der Waals surface area contributed by atoms with Crippen molar-refractivity contribution in [2.45, 2.75) is 76.8 Å². The zero-order chi connectivity index (χ0) is 51.5. The summed E-state index contributed by atoms with van der Waals surface area (Å²) in [6, 6.07) is 9.89. The monoisotopic (exact) mass is 999 g/mol. The molecule has 9 N–H and O–H groups in total. The Morgan fingerprint density at radius 1 is 0.889 bits per heavy atom. The first-order valence-corrected chi connectivity index (χ1v) is 23.6. The van der Waals surface area contributed by atoms with Crippen LogP contribution in [0.4, 0.5) is 4.39 Å². The number of cyclic esters (lactones) is 1. The first-order chi connectivity index (χ1) is 34.6. The lowest BCUT2D eigenvalue weighted by atomic mass is 9.81. The van der Waals surface area contributed by atoms with Crippen LogP contribution in [0.2, 0.25) is 0 Å². The number of amides is 6. The van der Waals surface area contributed by atoms with Gasteiger partial charge < -0.3 is 66.3 Å². The highest BCUT2D eigenvalue weighted by Gasteiger charge is 2.46. The second-order valence-electron chi connectivity index (χ2n) is 17.4. The summed E-state index contributed by atoms with van der Waals surface area (Å²) in [6.07, 6.45) is 0.787. The molecule has 0 spiro atoms. The fraction of sp³-hybridized carbons (Fsp3) is 0.449. The molecular formula is C49H58FN9O13. The molecule has 0 saturated carbocycles. The van der Waals surface area contributed by atoms with Crippen LogP contribution in [0, 0.1) is 12.7 Å². The number of carbonyl (C=O) groups is 7. The summed E-state index contributed by atoms with van der Waals surface area (Å²) in [4.78, 5) is 108. The largest absolute Gasteiger partial charge is 0.458 e. The number of nitrogens with one attached hydrogen (secondary N) is 6. The molecule has 0 saturated heterocycles. The van der Waals surface area contributed by atoms with E-state index >= 15 is 4.39 Å². The topological polar surface area (TPSA) is 310 Å². The summed E-state index contributed by atoms with van der Waals surface area (Å²) in [5.74, 6) is -5.02. The standard InChI is InChI=1S/C49H58FN9O13/c1-3-49(68)32-18-37-45-30(23-59(37)47(66)31(32)24-72-48(49)67)44-34(10-9-29-27(2)33(50)19-35(58-45)43(29)44)56-42(64)25-71-26-55-40(62)21-54-46(65)36(17-28-7-5-4-6-8-28)57-41(63)22-53-39(61)20-52-38(60)11-13-69-15-16-70-14-12-51/h4-8,18-19,34,36,68H,3,9-17,20-26,51H2,1-2H3,(H,52,60)(H,53,61)(H,54,65)(H,55,62)(H,56,64)(H,57,63)/t34-,36-,49-/m0/s1. The van der Waals surface area contributed by atoms with Crippen LogP contribution >= 0.6 is 0 Å². The number of fused-ring (bicyclic) bond motifs is 5.